The molecule has 7 heteroatoms. The van der Waals surface area contributed by atoms with Crippen molar-refractivity contribution < 1.29 is 19.1 Å². The number of fused-ring (bicyclic) bond motifs is 1. The maximum Gasteiger partial charge on any atom is 0.340 e. The van der Waals surface area contributed by atoms with Crippen LogP contribution in [0.2, 0.25) is 0 Å². The van der Waals surface area contributed by atoms with E-state index >= 15 is 0 Å². The Morgan fingerprint density at radius 2 is 1.83 bits per heavy atom. The molecule has 1 aliphatic carbocycles. The second-order valence-electron chi connectivity index (χ2n) is 7.34. The molecule has 0 saturated heterocycles. The minimum Gasteiger partial charge on any atom is -0.449 e. The number of carbonyl (C=O) groups is 3. The number of hydrogen-bond donors (Lipinski definition) is 2. The molecule has 2 amide bonds. The number of thiophene rings is 1. The lowest BCUT2D eigenvalue weighted by Gasteiger charge is -2.16. The fourth-order valence-corrected chi connectivity index (χ4v) is 4.56. The number of ether oxygens (including phenoxy) is 1. The van der Waals surface area contributed by atoms with Gasteiger partial charge in [0.1, 0.15) is 0 Å². The van der Waals surface area contributed by atoms with Crippen LogP contribution in [0.3, 0.4) is 0 Å². The number of para-hydroxylation sites is 1. The fraction of sp³-hybridized carbons (Fsp3) is 0.409. The summed E-state index contributed by atoms with van der Waals surface area (Å²) in [5, 5.41) is 7.16. The topological polar surface area (TPSA) is 84.5 Å². The summed E-state index contributed by atoms with van der Waals surface area (Å²) in [7, 11) is 0. The molecule has 154 valence electrons. The van der Waals surface area contributed by atoms with E-state index in [-0.39, 0.29) is 12.5 Å². The van der Waals surface area contributed by atoms with E-state index in [2.05, 4.69) is 10.6 Å². The van der Waals surface area contributed by atoms with Crippen molar-refractivity contribution in [3.63, 3.8) is 0 Å². The predicted molar refractivity (Wildman–Crippen MR) is 113 cm³/mol. The SMILES string of the molecule is Cc1cccc(C)c1NC(=O)CNC(=O)[C@@H](C)OC(=O)c1csc2c1CCCC2. The zero-order valence-electron chi connectivity index (χ0n) is 17.0. The monoisotopic (exact) mass is 414 g/mol. The number of benzene rings is 1. The van der Waals surface area contributed by atoms with E-state index in [0.717, 1.165) is 48.1 Å². The van der Waals surface area contributed by atoms with Crippen molar-refractivity contribution in [1.82, 2.24) is 5.32 Å². The summed E-state index contributed by atoms with van der Waals surface area (Å²) in [6, 6.07) is 5.74. The van der Waals surface area contributed by atoms with Gasteiger partial charge in [-0.25, -0.2) is 4.79 Å². The molecule has 0 bridgehead atoms. The zero-order valence-corrected chi connectivity index (χ0v) is 17.8. The fourth-order valence-electron chi connectivity index (χ4n) is 3.45. The molecule has 0 fully saturated rings. The number of rotatable bonds is 6. The molecule has 2 N–H and O–H groups in total. The standard InChI is InChI=1S/C22H26N2O4S/c1-13-7-6-8-14(2)20(13)24-19(25)11-23-21(26)15(3)28-22(27)17-12-29-18-10-5-4-9-16(17)18/h6-8,12,15H,4-5,9-11H2,1-3H3,(H,23,26)(H,24,25)/t15-/m1/s1. The largest absolute Gasteiger partial charge is 0.449 e. The van der Waals surface area contributed by atoms with Gasteiger partial charge in [0.2, 0.25) is 5.91 Å². The molecule has 3 rings (SSSR count). The van der Waals surface area contributed by atoms with Crippen LogP contribution in [0.1, 0.15) is 51.7 Å². The normalized spacial score (nSPS) is 13.9. The average molecular weight is 415 g/mol. The maximum atomic E-state index is 12.5. The van der Waals surface area contributed by atoms with Crippen molar-refractivity contribution in [2.45, 2.75) is 52.6 Å². The lowest BCUT2D eigenvalue weighted by atomic mass is 9.96. The van der Waals surface area contributed by atoms with Gasteiger partial charge in [-0.1, -0.05) is 18.2 Å². The third-order valence-corrected chi connectivity index (χ3v) is 6.19. The highest BCUT2D eigenvalue weighted by Crippen LogP contribution is 2.30. The molecule has 1 aromatic heterocycles. The van der Waals surface area contributed by atoms with Crippen LogP contribution in [0.5, 0.6) is 0 Å². The molecule has 0 unspecified atom stereocenters. The first-order chi connectivity index (χ1) is 13.9. The average Bonchev–Trinajstić information content (AvgIpc) is 3.13. The zero-order chi connectivity index (χ0) is 21.0. The van der Waals surface area contributed by atoms with Crippen molar-refractivity contribution >= 4 is 34.8 Å². The lowest BCUT2D eigenvalue weighted by molar-refractivity contribution is -0.130. The van der Waals surface area contributed by atoms with E-state index < -0.39 is 18.0 Å². The van der Waals surface area contributed by atoms with Crippen LogP contribution in [0.4, 0.5) is 5.69 Å². The van der Waals surface area contributed by atoms with Crippen LogP contribution in [0.15, 0.2) is 23.6 Å². The summed E-state index contributed by atoms with van der Waals surface area (Å²) in [6.45, 7) is 5.13. The highest BCUT2D eigenvalue weighted by molar-refractivity contribution is 7.10. The minimum atomic E-state index is -0.977. The Morgan fingerprint density at radius 1 is 1.14 bits per heavy atom. The summed E-state index contributed by atoms with van der Waals surface area (Å²) in [6.07, 6.45) is 3.11. The molecule has 29 heavy (non-hydrogen) atoms. The Kier molecular flexibility index (Phi) is 6.69. The summed E-state index contributed by atoms with van der Waals surface area (Å²) in [5.41, 5.74) is 4.27. The molecule has 1 heterocycles. The van der Waals surface area contributed by atoms with Crippen molar-refractivity contribution in [2.24, 2.45) is 0 Å². The van der Waals surface area contributed by atoms with E-state index in [9.17, 15) is 14.4 Å². The Bertz CT molecular complexity index is 915. The summed E-state index contributed by atoms with van der Waals surface area (Å²) in [4.78, 5) is 38.2. The van der Waals surface area contributed by atoms with Gasteiger partial charge in [-0.2, -0.15) is 0 Å². The lowest BCUT2D eigenvalue weighted by Crippen LogP contribution is -2.40. The Morgan fingerprint density at radius 3 is 2.55 bits per heavy atom. The van der Waals surface area contributed by atoms with Gasteiger partial charge in [0.25, 0.3) is 5.91 Å². The number of carbonyl (C=O) groups excluding carboxylic acids is 3. The third kappa shape index (κ3) is 5.03. The van der Waals surface area contributed by atoms with E-state index in [1.807, 2.05) is 37.4 Å². The summed E-state index contributed by atoms with van der Waals surface area (Å²) < 4.78 is 5.34. The van der Waals surface area contributed by atoms with Gasteiger partial charge in [0.05, 0.1) is 12.1 Å². The minimum absolute atomic E-state index is 0.192. The van der Waals surface area contributed by atoms with Gasteiger partial charge in [0.15, 0.2) is 6.10 Å². The molecular weight excluding hydrogens is 388 g/mol. The summed E-state index contributed by atoms with van der Waals surface area (Å²) in [5.74, 6) is -1.31. The van der Waals surface area contributed by atoms with E-state index in [4.69, 9.17) is 4.74 Å². The highest BCUT2D eigenvalue weighted by Gasteiger charge is 2.25. The molecule has 1 atom stereocenters. The van der Waals surface area contributed by atoms with Gasteiger partial charge >= 0.3 is 5.97 Å². The molecule has 1 aliphatic rings. The quantitative estimate of drug-likeness (QED) is 0.708. The number of esters is 1. The van der Waals surface area contributed by atoms with Crippen molar-refractivity contribution in [3.05, 3.63) is 50.7 Å². The molecule has 2 aromatic rings. The van der Waals surface area contributed by atoms with Crippen LogP contribution < -0.4 is 10.6 Å². The van der Waals surface area contributed by atoms with Crippen molar-refractivity contribution in [1.29, 1.82) is 0 Å². The van der Waals surface area contributed by atoms with Crippen LogP contribution in [-0.4, -0.2) is 30.4 Å². The molecule has 0 radical (unpaired) electrons. The maximum absolute atomic E-state index is 12.5. The molecule has 0 saturated carbocycles. The van der Waals surface area contributed by atoms with Gasteiger partial charge in [0, 0.05) is 15.9 Å². The number of hydrogen-bond acceptors (Lipinski definition) is 5. The first kappa shape index (κ1) is 21.0. The molecular formula is C22H26N2O4S. The van der Waals surface area contributed by atoms with Crippen LogP contribution in [0, 0.1) is 13.8 Å². The van der Waals surface area contributed by atoms with Crippen LogP contribution in [-0.2, 0) is 27.2 Å². The van der Waals surface area contributed by atoms with Crippen molar-refractivity contribution in [2.75, 3.05) is 11.9 Å². The van der Waals surface area contributed by atoms with Gasteiger partial charge in [-0.3, -0.25) is 9.59 Å². The Balaban J connectivity index is 1.51. The Labute approximate surface area is 174 Å². The first-order valence-electron chi connectivity index (χ1n) is 9.80. The molecule has 0 aliphatic heterocycles. The van der Waals surface area contributed by atoms with E-state index in [1.165, 1.54) is 11.8 Å². The van der Waals surface area contributed by atoms with E-state index in [0.29, 0.717) is 5.56 Å². The second kappa shape index (κ2) is 9.22. The Hall–Kier alpha value is -2.67. The number of anilines is 1. The molecule has 0 spiro atoms. The van der Waals surface area contributed by atoms with E-state index in [1.54, 1.807) is 11.3 Å². The molecule has 6 nitrogen and oxygen atoms in total. The van der Waals surface area contributed by atoms with Gasteiger partial charge in [-0.15, -0.1) is 11.3 Å². The smallest absolute Gasteiger partial charge is 0.340 e. The predicted octanol–water partition coefficient (Wildman–Crippen LogP) is 3.54. The van der Waals surface area contributed by atoms with Crippen molar-refractivity contribution in [3.8, 4) is 0 Å². The number of amides is 2. The van der Waals surface area contributed by atoms with Gasteiger partial charge < -0.3 is 15.4 Å². The van der Waals surface area contributed by atoms with Crippen LogP contribution >= 0.6 is 11.3 Å². The summed E-state index contributed by atoms with van der Waals surface area (Å²) >= 11 is 1.58. The van der Waals surface area contributed by atoms with Crippen LogP contribution in [0.25, 0.3) is 0 Å². The second-order valence-corrected chi connectivity index (χ2v) is 8.30. The highest BCUT2D eigenvalue weighted by atomic mass is 32.1. The number of nitrogens with one attached hydrogen (secondary N) is 2. The first-order valence-corrected chi connectivity index (χ1v) is 10.7. The number of aryl methyl sites for hydroxylation is 3. The molecule has 1 aromatic carbocycles. The van der Waals surface area contributed by atoms with Gasteiger partial charge in [-0.05, 0) is 63.1 Å². The third-order valence-electron chi connectivity index (χ3n) is 5.10.